The summed E-state index contributed by atoms with van der Waals surface area (Å²) in [6, 6.07) is 1.78. The van der Waals surface area contributed by atoms with Crippen LogP contribution >= 0.6 is 24.0 Å². The van der Waals surface area contributed by atoms with Crippen LogP contribution in [-0.4, -0.2) is 12.1 Å². The van der Waals surface area contributed by atoms with Gasteiger partial charge in [0.2, 0.25) is 0 Å². The van der Waals surface area contributed by atoms with Gasteiger partial charge in [0.15, 0.2) is 0 Å². The van der Waals surface area contributed by atoms with Gasteiger partial charge in [0, 0.05) is 10.3 Å². The Morgan fingerprint density at radius 1 is 1.53 bits per heavy atom. The molecule has 17 heavy (non-hydrogen) atoms. The smallest absolute Gasteiger partial charge is 0.348 e. The minimum absolute atomic E-state index is 0.117. The molecule has 4 heteroatoms. The Morgan fingerprint density at radius 2 is 2.29 bits per heavy atom. The molecular weight excluding hydrogens is 252 g/mol. The Hall–Kier alpha value is -0.480. The van der Waals surface area contributed by atoms with Crippen molar-refractivity contribution in [3.63, 3.8) is 0 Å². The first-order valence-corrected chi connectivity index (χ1v) is 7.52. The summed E-state index contributed by atoms with van der Waals surface area (Å²) in [4.78, 5) is 13.4. The summed E-state index contributed by atoms with van der Waals surface area (Å²) in [6.45, 7) is 2.17. The topological polar surface area (TPSA) is 26.3 Å². The summed E-state index contributed by atoms with van der Waals surface area (Å²) in [5, 5.41) is 1.86. The van der Waals surface area contributed by atoms with E-state index in [-0.39, 0.29) is 12.1 Å². The van der Waals surface area contributed by atoms with Crippen LogP contribution in [0.5, 0.6) is 0 Å². The molecule has 0 bridgehead atoms. The summed E-state index contributed by atoms with van der Waals surface area (Å²) in [5.41, 5.74) is 0. The second-order valence-electron chi connectivity index (χ2n) is 4.57. The Labute approximate surface area is 112 Å². The molecular formula is C13H18O2S2. The van der Waals surface area contributed by atoms with Gasteiger partial charge in [0.05, 0.1) is 0 Å². The van der Waals surface area contributed by atoms with Gasteiger partial charge in [-0.05, 0) is 37.7 Å². The van der Waals surface area contributed by atoms with Gasteiger partial charge in [-0.1, -0.05) is 13.3 Å². The first-order valence-electron chi connectivity index (χ1n) is 6.19. The van der Waals surface area contributed by atoms with Gasteiger partial charge in [0.25, 0.3) is 0 Å². The minimum atomic E-state index is -0.180. The van der Waals surface area contributed by atoms with Crippen molar-refractivity contribution in [2.75, 3.05) is 0 Å². The van der Waals surface area contributed by atoms with E-state index in [0.29, 0.717) is 10.8 Å². The number of hydrogen-bond donors (Lipinski definition) is 1. The highest BCUT2D eigenvalue weighted by molar-refractivity contribution is 7.80. The summed E-state index contributed by atoms with van der Waals surface area (Å²) in [6.07, 6.45) is 5.87. The molecule has 2 unspecified atom stereocenters. The molecule has 0 aromatic carbocycles. The molecule has 2 rings (SSSR count). The lowest BCUT2D eigenvalue weighted by Crippen LogP contribution is -2.29. The second-order valence-corrected chi connectivity index (χ2v) is 5.99. The normalized spacial score (nSPS) is 24.6. The highest BCUT2D eigenvalue weighted by atomic mass is 32.1. The number of carbonyl (C=O) groups is 1. The predicted octanol–water partition coefficient (Wildman–Crippen LogP) is 4.16. The van der Waals surface area contributed by atoms with Crippen molar-refractivity contribution in [2.45, 2.75) is 50.0 Å². The molecule has 1 aliphatic rings. The van der Waals surface area contributed by atoms with E-state index in [1.54, 1.807) is 6.07 Å². The van der Waals surface area contributed by atoms with E-state index in [4.69, 9.17) is 4.74 Å². The largest absolute Gasteiger partial charge is 0.458 e. The van der Waals surface area contributed by atoms with Crippen LogP contribution in [0.2, 0.25) is 0 Å². The van der Waals surface area contributed by atoms with Crippen molar-refractivity contribution in [2.24, 2.45) is 5.92 Å². The molecule has 0 radical (unpaired) electrons. The Balaban J connectivity index is 1.97. The fourth-order valence-corrected chi connectivity index (χ4v) is 3.45. The van der Waals surface area contributed by atoms with Crippen molar-refractivity contribution < 1.29 is 9.53 Å². The van der Waals surface area contributed by atoms with Gasteiger partial charge >= 0.3 is 5.97 Å². The van der Waals surface area contributed by atoms with Crippen molar-refractivity contribution >= 4 is 29.9 Å². The molecule has 0 amide bonds. The van der Waals surface area contributed by atoms with Gasteiger partial charge in [0.1, 0.15) is 11.0 Å². The number of hydrogen-bond acceptors (Lipinski definition) is 4. The van der Waals surface area contributed by atoms with E-state index >= 15 is 0 Å². The van der Waals surface area contributed by atoms with Crippen LogP contribution in [-0.2, 0) is 4.74 Å². The van der Waals surface area contributed by atoms with Crippen LogP contribution in [0.1, 0.15) is 48.7 Å². The lowest BCUT2D eigenvalue weighted by Gasteiger charge is -2.30. The van der Waals surface area contributed by atoms with Crippen LogP contribution in [0, 0.1) is 5.92 Å². The average Bonchev–Trinajstić information content (AvgIpc) is 2.77. The molecule has 1 aromatic rings. The van der Waals surface area contributed by atoms with E-state index in [2.05, 4.69) is 19.6 Å². The van der Waals surface area contributed by atoms with Gasteiger partial charge in [-0.25, -0.2) is 4.79 Å². The molecule has 1 fully saturated rings. The fraction of sp³-hybridized carbons (Fsp3) is 0.615. The number of thiol groups is 1. The van der Waals surface area contributed by atoms with Gasteiger partial charge < -0.3 is 4.74 Å². The molecule has 1 heterocycles. The lowest BCUT2D eigenvalue weighted by molar-refractivity contribution is 0.00120. The highest BCUT2D eigenvalue weighted by Gasteiger charge is 2.27. The Kier molecular flexibility index (Phi) is 4.51. The van der Waals surface area contributed by atoms with E-state index in [9.17, 15) is 4.79 Å². The fourth-order valence-electron chi connectivity index (χ4n) is 2.42. The first kappa shape index (κ1) is 13.0. The first-order chi connectivity index (χ1) is 8.20. The maximum absolute atomic E-state index is 11.9. The molecule has 0 N–H and O–H groups in total. The van der Waals surface area contributed by atoms with Crippen LogP contribution < -0.4 is 0 Å². The molecule has 1 aliphatic carbocycles. The second kappa shape index (κ2) is 5.91. The maximum atomic E-state index is 11.9. The van der Waals surface area contributed by atoms with Gasteiger partial charge in [-0.3, -0.25) is 0 Å². The summed E-state index contributed by atoms with van der Waals surface area (Å²) in [5.74, 6) is 0.365. The van der Waals surface area contributed by atoms with Crippen molar-refractivity contribution in [1.29, 1.82) is 0 Å². The van der Waals surface area contributed by atoms with Crippen molar-refractivity contribution in [3.8, 4) is 0 Å². The van der Waals surface area contributed by atoms with Crippen molar-refractivity contribution in [1.82, 2.24) is 0 Å². The van der Waals surface area contributed by atoms with Crippen LogP contribution in [0.3, 0.4) is 0 Å². The predicted molar refractivity (Wildman–Crippen MR) is 73.0 cm³/mol. The molecule has 0 saturated heterocycles. The Morgan fingerprint density at radius 3 is 2.94 bits per heavy atom. The van der Waals surface area contributed by atoms with E-state index in [0.717, 1.165) is 17.7 Å². The SMILES string of the molecule is CCC1CCCCC1OC(=O)c1cc(S)cs1. The van der Waals surface area contributed by atoms with E-state index in [1.165, 1.54) is 30.6 Å². The monoisotopic (exact) mass is 270 g/mol. The lowest BCUT2D eigenvalue weighted by atomic mass is 9.85. The molecule has 94 valence electrons. The molecule has 2 nitrogen and oxygen atoms in total. The van der Waals surface area contributed by atoms with E-state index < -0.39 is 0 Å². The van der Waals surface area contributed by atoms with Gasteiger partial charge in [-0.15, -0.1) is 24.0 Å². The van der Waals surface area contributed by atoms with Gasteiger partial charge in [-0.2, -0.15) is 0 Å². The third-order valence-corrected chi connectivity index (χ3v) is 4.75. The summed E-state index contributed by atoms with van der Waals surface area (Å²) >= 11 is 5.61. The molecule has 0 aliphatic heterocycles. The quantitative estimate of drug-likeness (QED) is 0.659. The summed E-state index contributed by atoms with van der Waals surface area (Å²) in [7, 11) is 0. The molecule has 1 aromatic heterocycles. The molecule has 1 saturated carbocycles. The third-order valence-electron chi connectivity index (χ3n) is 3.41. The number of thiophene rings is 1. The number of rotatable bonds is 3. The van der Waals surface area contributed by atoms with Crippen LogP contribution in [0.25, 0.3) is 0 Å². The van der Waals surface area contributed by atoms with Crippen LogP contribution in [0.4, 0.5) is 0 Å². The van der Waals surface area contributed by atoms with E-state index in [1.807, 2.05) is 5.38 Å². The zero-order valence-corrected chi connectivity index (χ0v) is 11.7. The molecule has 0 spiro atoms. The maximum Gasteiger partial charge on any atom is 0.348 e. The number of carbonyl (C=O) groups excluding carboxylic acids is 1. The highest BCUT2D eigenvalue weighted by Crippen LogP contribution is 2.30. The standard InChI is InChI=1S/C13H18O2S2/c1-2-9-5-3-4-6-11(9)15-13(14)12-7-10(16)8-17-12/h7-9,11,16H,2-6H2,1H3. The number of ether oxygens (including phenoxy) is 1. The van der Waals surface area contributed by atoms with Crippen molar-refractivity contribution in [3.05, 3.63) is 16.3 Å². The molecule has 2 atom stereocenters. The zero-order valence-electron chi connectivity index (χ0n) is 10.0. The van der Waals surface area contributed by atoms with Crippen LogP contribution in [0.15, 0.2) is 16.3 Å². The third kappa shape index (κ3) is 3.26. The average molecular weight is 270 g/mol. The Bertz CT molecular complexity index is 387. The summed E-state index contributed by atoms with van der Waals surface area (Å²) < 4.78 is 5.63. The number of esters is 1. The zero-order chi connectivity index (χ0) is 12.3. The minimum Gasteiger partial charge on any atom is -0.458 e.